The third-order valence-electron chi connectivity index (χ3n) is 7.22. The minimum atomic E-state index is -3.09. The van der Waals surface area contributed by atoms with Crippen LogP contribution in [0.15, 0.2) is 0 Å². The fourth-order valence-corrected chi connectivity index (χ4v) is 8.32. The first kappa shape index (κ1) is 20.1. The van der Waals surface area contributed by atoms with Gasteiger partial charge in [0.25, 0.3) is 5.91 Å². The number of carbonyl (C=O) groups excluding carboxylic acids is 2. The molecule has 0 radical (unpaired) electrons. The van der Waals surface area contributed by atoms with Gasteiger partial charge < -0.3 is 14.7 Å². The van der Waals surface area contributed by atoms with Crippen LogP contribution < -0.4 is 0 Å². The molecule has 0 aromatic heterocycles. The molecule has 158 valence electrons. The van der Waals surface area contributed by atoms with E-state index < -0.39 is 20.9 Å². The molecule has 1 saturated heterocycles. The number of aliphatic hydroxyl groups is 1. The summed E-state index contributed by atoms with van der Waals surface area (Å²) in [6.45, 7) is 2.06. The summed E-state index contributed by atoms with van der Waals surface area (Å²) < 4.78 is 29.0. The van der Waals surface area contributed by atoms with Crippen LogP contribution in [0.25, 0.3) is 0 Å². The van der Waals surface area contributed by atoms with Gasteiger partial charge in [0.2, 0.25) is 0 Å². The van der Waals surface area contributed by atoms with Crippen molar-refractivity contribution in [2.24, 2.45) is 17.3 Å². The Bertz CT molecular complexity index is 749. The van der Waals surface area contributed by atoms with E-state index in [0.29, 0.717) is 31.2 Å². The molecule has 5 rings (SSSR count). The van der Waals surface area contributed by atoms with E-state index in [1.54, 1.807) is 4.90 Å². The maximum Gasteiger partial charge on any atom is 0.312 e. The second kappa shape index (κ2) is 6.97. The van der Waals surface area contributed by atoms with Gasteiger partial charge in [0, 0.05) is 12.6 Å². The number of amides is 1. The highest BCUT2D eigenvalue weighted by molar-refractivity contribution is 7.91. The summed E-state index contributed by atoms with van der Waals surface area (Å²) in [4.78, 5) is 27.3. The van der Waals surface area contributed by atoms with Crippen molar-refractivity contribution >= 4 is 21.7 Å². The van der Waals surface area contributed by atoms with Crippen LogP contribution in [-0.4, -0.2) is 66.6 Å². The van der Waals surface area contributed by atoms with E-state index in [0.717, 1.165) is 38.5 Å². The van der Waals surface area contributed by atoms with Crippen molar-refractivity contribution in [1.82, 2.24) is 4.90 Å². The predicted octanol–water partition coefficient (Wildman–Crippen LogP) is 1.29. The van der Waals surface area contributed by atoms with Gasteiger partial charge in [-0.2, -0.15) is 0 Å². The van der Waals surface area contributed by atoms with E-state index in [4.69, 9.17) is 4.74 Å². The number of carbonyl (C=O) groups is 2. The van der Waals surface area contributed by atoms with Crippen LogP contribution in [-0.2, 0) is 24.2 Å². The molecule has 5 fully saturated rings. The Kier molecular flexibility index (Phi) is 5.01. The van der Waals surface area contributed by atoms with Crippen LogP contribution in [0.2, 0.25) is 0 Å². The molecule has 7 nitrogen and oxygen atoms in total. The minimum Gasteiger partial charge on any atom is -0.455 e. The number of hydrogen-bond acceptors (Lipinski definition) is 6. The Morgan fingerprint density at radius 3 is 2.39 bits per heavy atom. The second-order valence-electron chi connectivity index (χ2n) is 9.69. The van der Waals surface area contributed by atoms with Gasteiger partial charge in [-0.05, 0) is 63.2 Å². The minimum absolute atomic E-state index is 0.00693. The number of esters is 1. The average Bonchev–Trinajstić information content (AvgIpc) is 2.94. The van der Waals surface area contributed by atoms with Gasteiger partial charge in [-0.25, -0.2) is 8.42 Å². The average molecular weight is 414 g/mol. The van der Waals surface area contributed by atoms with Crippen molar-refractivity contribution in [2.45, 2.75) is 69.9 Å². The van der Waals surface area contributed by atoms with Gasteiger partial charge in [0.1, 0.15) is 0 Å². The van der Waals surface area contributed by atoms with Crippen molar-refractivity contribution in [3.05, 3.63) is 0 Å². The predicted molar refractivity (Wildman–Crippen MR) is 102 cm³/mol. The maximum absolute atomic E-state index is 12.9. The largest absolute Gasteiger partial charge is 0.455 e. The van der Waals surface area contributed by atoms with E-state index in [2.05, 4.69) is 0 Å². The fourth-order valence-electron chi connectivity index (χ4n) is 6.59. The Morgan fingerprint density at radius 2 is 1.86 bits per heavy atom. The van der Waals surface area contributed by atoms with E-state index in [-0.39, 0.29) is 36.0 Å². The highest BCUT2D eigenvalue weighted by Gasteiger charge is 2.61. The smallest absolute Gasteiger partial charge is 0.312 e. The van der Waals surface area contributed by atoms with Gasteiger partial charge in [0.15, 0.2) is 16.4 Å². The molecule has 8 heteroatoms. The maximum atomic E-state index is 12.9. The zero-order valence-electron chi connectivity index (χ0n) is 16.6. The van der Waals surface area contributed by atoms with Gasteiger partial charge >= 0.3 is 5.97 Å². The lowest BCUT2D eigenvalue weighted by atomic mass is 9.48. The summed E-state index contributed by atoms with van der Waals surface area (Å²) in [6.07, 6.45) is 5.74. The standard InChI is InChI=1S/C20H31NO6S/c1-2-4-21(16-3-5-28(25,26)12-16)17(22)11-27-18(23)19-7-14-6-15(8-19)10-20(24,9-14)13-19/h14-16,24H,2-13H2,1H3/t14-,15-,16+,19?,20?/m1/s1. The fraction of sp³-hybridized carbons (Fsp3) is 0.900. The van der Waals surface area contributed by atoms with Crippen LogP contribution in [0.5, 0.6) is 0 Å². The SMILES string of the molecule is CCCN(C(=O)COC(=O)C12C[C@H]3C[C@@H](CC(O)(C3)C1)C2)[C@H]1CCS(=O)(=O)C1. The van der Waals surface area contributed by atoms with E-state index in [9.17, 15) is 23.1 Å². The monoisotopic (exact) mass is 413 g/mol. The van der Waals surface area contributed by atoms with Gasteiger partial charge in [-0.3, -0.25) is 9.59 Å². The summed E-state index contributed by atoms with van der Waals surface area (Å²) in [5.41, 5.74) is -1.40. The zero-order chi connectivity index (χ0) is 20.2. The quantitative estimate of drug-likeness (QED) is 0.659. The molecule has 0 aromatic carbocycles. The zero-order valence-corrected chi connectivity index (χ0v) is 17.4. The summed E-state index contributed by atoms with van der Waals surface area (Å²) in [5, 5.41) is 10.8. The highest BCUT2D eigenvalue weighted by atomic mass is 32.2. The van der Waals surface area contributed by atoms with Crippen LogP contribution in [0, 0.1) is 17.3 Å². The lowest BCUT2D eigenvalue weighted by molar-refractivity contribution is -0.197. The van der Waals surface area contributed by atoms with Crippen LogP contribution >= 0.6 is 0 Å². The Labute approximate surface area is 166 Å². The number of sulfone groups is 1. The molecule has 3 atom stereocenters. The van der Waals surface area contributed by atoms with Crippen LogP contribution in [0.3, 0.4) is 0 Å². The van der Waals surface area contributed by atoms with Gasteiger partial charge in [0.05, 0.1) is 22.5 Å². The molecule has 28 heavy (non-hydrogen) atoms. The molecule has 4 saturated carbocycles. The number of ether oxygens (including phenoxy) is 1. The summed E-state index contributed by atoms with van der Waals surface area (Å²) in [5.74, 6) is 0.164. The van der Waals surface area contributed by atoms with E-state index in [1.165, 1.54) is 0 Å². The Hall–Kier alpha value is -1.15. The third-order valence-corrected chi connectivity index (χ3v) is 8.97. The Balaban J connectivity index is 1.39. The molecule has 1 amide bonds. The van der Waals surface area contributed by atoms with Crippen molar-refractivity contribution in [1.29, 1.82) is 0 Å². The number of nitrogens with zero attached hydrogens (tertiary/aromatic N) is 1. The highest BCUT2D eigenvalue weighted by Crippen LogP contribution is 2.61. The van der Waals surface area contributed by atoms with Crippen molar-refractivity contribution in [3.63, 3.8) is 0 Å². The molecule has 0 aromatic rings. The molecule has 4 bridgehead atoms. The van der Waals surface area contributed by atoms with E-state index >= 15 is 0 Å². The van der Waals surface area contributed by atoms with Crippen molar-refractivity contribution in [3.8, 4) is 0 Å². The molecular formula is C20H31NO6S. The van der Waals surface area contributed by atoms with Gasteiger partial charge in [-0.15, -0.1) is 0 Å². The molecule has 1 N–H and O–H groups in total. The summed E-state index contributed by atoms with van der Waals surface area (Å²) in [6, 6.07) is -0.323. The summed E-state index contributed by atoms with van der Waals surface area (Å²) in [7, 11) is -3.09. The van der Waals surface area contributed by atoms with E-state index in [1.807, 2.05) is 6.92 Å². The van der Waals surface area contributed by atoms with Crippen LogP contribution in [0.1, 0.15) is 58.3 Å². The number of hydrogen-bond donors (Lipinski definition) is 1. The second-order valence-corrected chi connectivity index (χ2v) is 11.9. The molecular weight excluding hydrogens is 382 g/mol. The van der Waals surface area contributed by atoms with Crippen molar-refractivity contribution < 1.29 is 27.9 Å². The third kappa shape index (κ3) is 3.70. The first-order chi connectivity index (χ1) is 13.1. The molecule has 5 aliphatic rings. The molecule has 4 aliphatic carbocycles. The molecule has 1 aliphatic heterocycles. The molecule has 0 unspecified atom stereocenters. The molecule has 1 heterocycles. The first-order valence-electron chi connectivity index (χ1n) is 10.5. The summed E-state index contributed by atoms with van der Waals surface area (Å²) >= 11 is 0. The number of rotatable bonds is 6. The Morgan fingerprint density at radius 1 is 1.18 bits per heavy atom. The normalized spacial score (nSPS) is 40.4. The van der Waals surface area contributed by atoms with Crippen molar-refractivity contribution in [2.75, 3.05) is 24.7 Å². The van der Waals surface area contributed by atoms with Crippen LogP contribution in [0.4, 0.5) is 0 Å². The van der Waals surface area contributed by atoms with Gasteiger partial charge in [-0.1, -0.05) is 6.92 Å². The topological polar surface area (TPSA) is 101 Å². The lowest BCUT2D eigenvalue weighted by Crippen LogP contribution is -2.58. The molecule has 0 spiro atoms. The lowest BCUT2D eigenvalue weighted by Gasteiger charge is -2.58. The first-order valence-corrected chi connectivity index (χ1v) is 12.4.